The summed E-state index contributed by atoms with van der Waals surface area (Å²) in [5.74, 6) is -0.394. The first-order valence-corrected chi connectivity index (χ1v) is 5.53. The Morgan fingerprint density at radius 1 is 1.65 bits per heavy atom. The highest BCUT2D eigenvalue weighted by atomic mass is 79.9. The Hall–Kier alpha value is -1.94. The molecule has 17 heavy (non-hydrogen) atoms. The number of ether oxygens (including phenoxy) is 1. The van der Waals surface area contributed by atoms with E-state index >= 15 is 0 Å². The summed E-state index contributed by atoms with van der Waals surface area (Å²) in [5.41, 5.74) is -0.303. The molecular formula is C10H7BrN2O4. The van der Waals surface area contributed by atoms with Crippen molar-refractivity contribution in [3.05, 3.63) is 33.4 Å². The molecule has 0 unspecified atom stereocenters. The maximum absolute atomic E-state index is 11.6. The molecule has 0 heterocycles. The number of alkyl halides is 1. The number of ketones is 1. The summed E-state index contributed by atoms with van der Waals surface area (Å²) in [7, 11) is 1.28. The van der Waals surface area contributed by atoms with Crippen LogP contribution in [0.25, 0.3) is 0 Å². The van der Waals surface area contributed by atoms with Crippen molar-refractivity contribution in [2.45, 2.75) is 0 Å². The Kier molecular flexibility index (Phi) is 4.17. The zero-order valence-corrected chi connectivity index (χ0v) is 10.4. The largest absolute Gasteiger partial charge is 0.495 e. The molecule has 7 heteroatoms. The molecule has 0 aromatic heterocycles. The number of nitrogens with zero attached hydrogens (tertiary/aromatic N) is 2. The van der Waals surface area contributed by atoms with Gasteiger partial charge in [-0.1, -0.05) is 15.9 Å². The third kappa shape index (κ3) is 2.60. The van der Waals surface area contributed by atoms with Gasteiger partial charge in [0, 0.05) is 11.6 Å². The quantitative estimate of drug-likeness (QED) is 0.367. The lowest BCUT2D eigenvalue weighted by Crippen LogP contribution is -2.06. The van der Waals surface area contributed by atoms with Gasteiger partial charge in [-0.05, 0) is 0 Å². The second-order valence-corrected chi connectivity index (χ2v) is 3.56. The SMILES string of the molecule is COc1cc([N+](=O)[O-])cc(C(=O)CBr)c1C#N. The molecule has 0 saturated carbocycles. The number of nitro groups is 1. The van der Waals surface area contributed by atoms with Crippen LogP contribution < -0.4 is 4.74 Å². The molecule has 0 saturated heterocycles. The minimum atomic E-state index is -0.644. The van der Waals surface area contributed by atoms with Gasteiger partial charge in [0.15, 0.2) is 5.78 Å². The van der Waals surface area contributed by atoms with Crippen molar-refractivity contribution in [2.75, 3.05) is 12.4 Å². The van der Waals surface area contributed by atoms with Gasteiger partial charge in [-0.25, -0.2) is 0 Å². The van der Waals surface area contributed by atoms with E-state index < -0.39 is 10.7 Å². The average molecular weight is 299 g/mol. The number of halogens is 1. The summed E-state index contributed by atoms with van der Waals surface area (Å²) in [6, 6.07) is 4.00. The molecule has 0 bridgehead atoms. The van der Waals surface area contributed by atoms with Crippen molar-refractivity contribution in [3.63, 3.8) is 0 Å². The fourth-order valence-corrected chi connectivity index (χ4v) is 1.58. The second kappa shape index (κ2) is 5.41. The second-order valence-electron chi connectivity index (χ2n) is 3.00. The van der Waals surface area contributed by atoms with Gasteiger partial charge in [0.2, 0.25) is 0 Å². The van der Waals surface area contributed by atoms with Crippen LogP contribution in [0.2, 0.25) is 0 Å². The van der Waals surface area contributed by atoms with Crippen LogP contribution in [-0.2, 0) is 0 Å². The molecular weight excluding hydrogens is 292 g/mol. The predicted molar refractivity (Wildman–Crippen MR) is 62.5 cm³/mol. The lowest BCUT2D eigenvalue weighted by Gasteiger charge is -2.06. The van der Waals surface area contributed by atoms with Crippen molar-refractivity contribution < 1.29 is 14.5 Å². The number of nitro benzene ring substituents is 1. The van der Waals surface area contributed by atoms with Crippen LogP contribution in [0, 0.1) is 21.4 Å². The van der Waals surface area contributed by atoms with Crippen molar-refractivity contribution in [1.82, 2.24) is 0 Å². The first-order valence-electron chi connectivity index (χ1n) is 4.40. The molecule has 88 valence electrons. The number of Topliss-reactive ketones (excluding diaryl/α,β-unsaturated/α-hetero) is 1. The number of carbonyl (C=O) groups is 1. The number of nitriles is 1. The van der Waals surface area contributed by atoms with E-state index in [1.165, 1.54) is 7.11 Å². The minimum Gasteiger partial charge on any atom is -0.495 e. The molecule has 1 aromatic carbocycles. The van der Waals surface area contributed by atoms with Crippen LogP contribution in [0.5, 0.6) is 5.75 Å². The Morgan fingerprint density at radius 3 is 2.71 bits per heavy atom. The Labute approximate surface area is 105 Å². The minimum absolute atomic E-state index is 0.00236. The number of rotatable bonds is 4. The molecule has 6 nitrogen and oxygen atoms in total. The molecule has 0 amide bonds. The van der Waals surface area contributed by atoms with Crippen molar-refractivity contribution in [3.8, 4) is 11.8 Å². The van der Waals surface area contributed by atoms with Gasteiger partial charge >= 0.3 is 0 Å². The van der Waals surface area contributed by atoms with Gasteiger partial charge in [0.1, 0.15) is 17.4 Å². The first-order chi connectivity index (χ1) is 8.04. The van der Waals surface area contributed by atoms with Gasteiger partial charge in [-0.15, -0.1) is 0 Å². The maximum atomic E-state index is 11.6. The summed E-state index contributed by atoms with van der Waals surface area (Å²) in [5, 5.41) is 19.6. The lowest BCUT2D eigenvalue weighted by molar-refractivity contribution is -0.385. The highest BCUT2D eigenvalue weighted by Gasteiger charge is 2.20. The summed E-state index contributed by atoms with van der Waals surface area (Å²) in [6.07, 6.45) is 0. The number of hydrogen-bond acceptors (Lipinski definition) is 5. The molecule has 0 spiro atoms. The van der Waals surface area contributed by atoms with Crippen LogP contribution in [0.4, 0.5) is 5.69 Å². The van der Waals surface area contributed by atoms with Gasteiger partial charge in [0.05, 0.1) is 23.4 Å². The summed E-state index contributed by atoms with van der Waals surface area (Å²) in [6.45, 7) is 0. The highest BCUT2D eigenvalue weighted by molar-refractivity contribution is 9.09. The number of benzene rings is 1. The Morgan fingerprint density at radius 2 is 2.29 bits per heavy atom. The number of hydrogen-bond donors (Lipinski definition) is 0. The Bertz CT molecular complexity index is 522. The van der Waals surface area contributed by atoms with E-state index in [0.717, 1.165) is 12.1 Å². The monoisotopic (exact) mass is 298 g/mol. The lowest BCUT2D eigenvalue weighted by atomic mass is 10.0. The van der Waals surface area contributed by atoms with Crippen LogP contribution in [-0.4, -0.2) is 23.1 Å². The summed E-state index contributed by atoms with van der Waals surface area (Å²) >= 11 is 2.95. The maximum Gasteiger partial charge on any atom is 0.273 e. The molecule has 1 aromatic rings. The van der Waals surface area contributed by atoms with Gasteiger partial charge in [-0.2, -0.15) is 5.26 Å². The average Bonchev–Trinajstić information content (AvgIpc) is 2.35. The number of carbonyl (C=O) groups excluding carboxylic acids is 1. The molecule has 0 radical (unpaired) electrons. The number of non-ortho nitro benzene ring substituents is 1. The van der Waals surface area contributed by atoms with E-state index in [-0.39, 0.29) is 27.9 Å². The van der Waals surface area contributed by atoms with Crippen LogP contribution in [0.1, 0.15) is 15.9 Å². The van der Waals surface area contributed by atoms with Crippen molar-refractivity contribution >= 4 is 27.4 Å². The summed E-state index contributed by atoms with van der Waals surface area (Å²) in [4.78, 5) is 21.6. The third-order valence-electron chi connectivity index (χ3n) is 2.05. The zero-order chi connectivity index (χ0) is 13.0. The summed E-state index contributed by atoms with van der Waals surface area (Å²) < 4.78 is 4.87. The third-order valence-corrected chi connectivity index (χ3v) is 2.56. The molecule has 0 N–H and O–H groups in total. The van der Waals surface area contributed by atoms with E-state index in [4.69, 9.17) is 10.00 Å². The molecule has 1 rings (SSSR count). The van der Waals surface area contributed by atoms with E-state index in [0.29, 0.717) is 0 Å². The molecule has 0 atom stereocenters. The Balaban J connectivity index is 3.55. The molecule has 0 fully saturated rings. The molecule has 0 aliphatic rings. The van der Waals surface area contributed by atoms with Gasteiger partial charge < -0.3 is 4.74 Å². The first kappa shape index (κ1) is 13.1. The van der Waals surface area contributed by atoms with Crippen LogP contribution in [0.3, 0.4) is 0 Å². The van der Waals surface area contributed by atoms with E-state index in [2.05, 4.69) is 15.9 Å². The predicted octanol–water partition coefficient (Wildman–Crippen LogP) is 2.05. The van der Waals surface area contributed by atoms with Crippen LogP contribution in [0.15, 0.2) is 12.1 Å². The van der Waals surface area contributed by atoms with Gasteiger partial charge in [-0.3, -0.25) is 14.9 Å². The fraction of sp³-hybridized carbons (Fsp3) is 0.200. The van der Waals surface area contributed by atoms with Gasteiger partial charge in [0.25, 0.3) is 5.69 Å². The standard InChI is InChI=1S/C10H7BrN2O4/c1-17-10-3-6(13(15)16)2-7(8(10)5-12)9(14)4-11/h2-3H,4H2,1H3. The van der Waals surface area contributed by atoms with E-state index in [9.17, 15) is 14.9 Å². The zero-order valence-electron chi connectivity index (χ0n) is 8.77. The van der Waals surface area contributed by atoms with E-state index in [1.807, 2.05) is 6.07 Å². The highest BCUT2D eigenvalue weighted by Crippen LogP contribution is 2.28. The molecule has 0 aliphatic heterocycles. The fourth-order valence-electron chi connectivity index (χ4n) is 1.27. The van der Waals surface area contributed by atoms with E-state index in [1.54, 1.807) is 0 Å². The van der Waals surface area contributed by atoms with Crippen LogP contribution >= 0.6 is 15.9 Å². The normalized spacial score (nSPS) is 9.47. The van der Waals surface area contributed by atoms with Crippen molar-refractivity contribution in [2.24, 2.45) is 0 Å². The smallest absolute Gasteiger partial charge is 0.273 e. The topological polar surface area (TPSA) is 93.2 Å². The number of methoxy groups -OCH3 is 1. The van der Waals surface area contributed by atoms with Crippen molar-refractivity contribution in [1.29, 1.82) is 5.26 Å². The molecule has 0 aliphatic carbocycles.